The second-order valence-electron chi connectivity index (χ2n) is 9.64. The molecule has 0 bridgehead atoms. The predicted molar refractivity (Wildman–Crippen MR) is 119 cm³/mol. The summed E-state index contributed by atoms with van der Waals surface area (Å²) >= 11 is 0. The number of pyridine rings is 1. The Morgan fingerprint density at radius 2 is 1.97 bits per heavy atom. The van der Waals surface area contributed by atoms with E-state index in [1.165, 1.54) is 0 Å². The number of carbonyl (C=O) groups excluding carboxylic acids is 4. The molecule has 0 spiro atoms. The molecule has 0 fully saturated rings. The lowest BCUT2D eigenvalue weighted by molar-refractivity contribution is -0.140. The van der Waals surface area contributed by atoms with Crippen LogP contribution in [0.1, 0.15) is 52.2 Å². The molecule has 176 valence electrons. The van der Waals surface area contributed by atoms with Gasteiger partial charge in [0, 0.05) is 25.4 Å². The van der Waals surface area contributed by atoms with E-state index in [9.17, 15) is 19.2 Å². The maximum absolute atomic E-state index is 13.0. The Morgan fingerprint density at radius 1 is 1.25 bits per heavy atom. The number of carbonyl (C=O) groups is 4. The zero-order valence-corrected chi connectivity index (χ0v) is 19.5. The van der Waals surface area contributed by atoms with Crippen LogP contribution < -0.4 is 16.0 Å². The fourth-order valence-corrected chi connectivity index (χ4v) is 3.29. The van der Waals surface area contributed by atoms with Crippen LogP contribution in [0.5, 0.6) is 0 Å². The number of alkyl carbamates (subject to hydrolysis) is 1. The molecule has 3 amide bonds. The lowest BCUT2D eigenvalue weighted by Gasteiger charge is -2.26. The normalized spacial score (nSPS) is 18.2. The number of ketones is 1. The first kappa shape index (κ1) is 25.3. The van der Waals surface area contributed by atoms with Crippen LogP contribution in [0.4, 0.5) is 4.79 Å². The summed E-state index contributed by atoms with van der Waals surface area (Å²) in [7, 11) is 0. The monoisotopic (exact) mass is 446 g/mol. The van der Waals surface area contributed by atoms with E-state index in [1.54, 1.807) is 26.2 Å². The van der Waals surface area contributed by atoms with E-state index in [1.807, 2.05) is 26.8 Å². The van der Waals surface area contributed by atoms with Gasteiger partial charge in [0.25, 0.3) is 5.91 Å². The van der Waals surface area contributed by atoms with E-state index in [4.69, 9.17) is 4.74 Å². The molecule has 0 radical (unpaired) electrons. The zero-order chi connectivity index (χ0) is 23.9. The molecule has 2 atom stereocenters. The minimum Gasteiger partial charge on any atom is -0.449 e. The van der Waals surface area contributed by atoms with Gasteiger partial charge in [0.05, 0.1) is 6.61 Å². The van der Waals surface area contributed by atoms with Crippen LogP contribution in [0.15, 0.2) is 18.5 Å². The molecule has 1 aromatic heterocycles. The molecule has 0 aromatic carbocycles. The summed E-state index contributed by atoms with van der Waals surface area (Å²) < 4.78 is 5.21. The smallest absolute Gasteiger partial charge is 0.407 e. The Morgan fingerprint density at radius 3 is 2.62 bits per heavy atom. The Hall–Kier alpha value is -2.97. The summed E-state index contributed by atoms with van der Waals surface area (Å²) in [6.07, 6.45) is 4.19. The molecular formula is C23H34N4O5. The molecule has 0 saturated carbocycles. The van der Waals surface area contributed by atoms with Gasteiger partial charge in [0.15, 0.2) is 0 Å². The van der Waals surface area contributed by atoms with Crippen LogP contribution in [0.2, 0.25) is 0 Å². The van der Waals surface area contributed by atoms with Gasteiger partial charge in [-0.25, -0.2) is 4.79 Å². The molecule has 0 aliphatic carbocycles. The van der Waals surface area contributed by atoms with Gasteiger partial charge in [0.2, 0.25) is 11.7 Å². The molecule has 1 aliphatic heterocycles. The van der Waals surface area contributed by atoms with E-state index in [0.717, 1.165) is 17.5 Å². The first-order valence-corrected chi connectivity index (χ1v) is 11.0. The third-order valence-corrected chi connectivity index (χ3v) is 5.05. The van der Waals surface area contributed by atoms with Crippen LogP contribution in [0.3, 0.4) is 0 Å². The molecule has 0 saturated heterocycles. The molecule has 3 N–H and O–H groups in total. The summed E-state index contributed by atoms with van der Waals surface area (Å²) in [6, 6.07) is -0.120. The number of amides is 3. The minimum atomic E-state index is -1.07. The molecule has 2 heterocycles. The van der Waals surface area contributed by atoms with Crippen molar-refractivity contribution in [2.24, 2.45) is 11.3 Å². The van der Waals surface area contributed by atoms with Crippen molar-refractivity contribution < 1.29 is 23.9 Å². The van der Waals surface area contributed by atoms with E-state index in [2.05, 4.69) is 20.9 Å². The Kier molecular flexibility index (Phi) is 8.74. The first-order chi connectivity index (χ1) is 15.0. The number of hydrogen-bond donors (Lipinski definition) is 3. The van der Waals surface area contributed by atoms with Crippen molar-refractivity contribution in [1.82, 2.24) is 20.9 Å². The van der Waals surface area contributed by atoms with Gasteiger partial charge in [-0.1, -0.05) is 34.6 Å². The van der Waals surface area contributed by atoms with E-state index < -0.39 is 35.8 Å². The fourth-order valence-electron chi connectivity index (χ4n) is 3.29. The highest BCUT2D eigenvalue weighted by atomic mass is 16.5. The lowest BCUT2D eigenvalue weighted by atomic mass is 9.95. The van der Waals surface area contributed by atoms with Gasteiger partial charge in [-0.2, -0.15) is 0 Å². The number of ether oxygens (including phenoxy) is 1. The maximum Gasteiger partial charge on any atom is 0.407 e. The molecule has 1 aromatic rings. The summed E-state index contributed by atoms with van der Waals surface area (Å²) in [5, 5.41) is 7.85. The summed E-state index contributed by atoms with van der Waals surface area (Å²) in [6.45, 7) is 9.88. The molecule has 2 rings (SSSR count). The van der Waals surface area contributed by atoms with Gasteiger partial charge in [-0.05, 0) is 41.4 Å². The Balaban J connectivity index is 2.17. The van der Waals surface area contributed by atoms with Gasteiger partial charge < -0.3 is 20.7 Å². The van der Waals surface area contributed by atoms with Crippen molar-refractivity contribution in [1.29, 1.82) is 0 Å². The highest BCUT2D eigenvalue weighted by Crippen LogP contribution is 2.15. The van der Waals surface area contributed by atoms with Crippen molar-refractivity contribution in [3.8, 4) is 0 Å². The van der Waals surface area contributed by atoms with Crippen molar-refractivity contribution in [3.63, 3.8) is 0 Å². The topological polar surface area (TPSA) is 126 Å². The second kappa shape index (κ2) is 11.1. The number of aromatic nitrogens is 1. The third-order valence-electron chi connectivity index (χ3n) is 5.05. The van der Waals surface area contributed by atoms with Gasteiger partial charge in [0.1, 0.15) is 12.1 Å². The largest absolute Gasteiger partial charge is 0.449 e. The van der Waals surface area contributed by atoms with E-state index in [0.29, 0.717) is 13.0 Å². The third kappa shape index (κ3) is 7.62. The van der Waals surface area contributed by atoms with Crippen molar-refractivity contribution in [2.45, 2.75) is 66.0 Å². The lowest BCUT2D eigenvalue weighted by Crippen LogP contribution is -2.56. The van der Waals surface area contributed by atoms with Gasteiger partial charge >= 0.3 is 6.09 Å². The molecule has 1 aliphatic rings. The number of nitrogens with one attached hydrogen (secondary N) is 3. The SMILES string of the molecule is CC(C)C(NC(=O)OCC(C)(C)C)C(=O)NC1Cc2cnccc2CCCNC(=O)C1=O. The van der Waals surface area contributed by atoms with E-state index >= 15 is 0 Å². The second-order valence-corrected chi connectivity index (χ2v) is 9.64. The number of fused-ring (bicyclic) bond motifs is 1. The van der Waals surface area contributed by atoms with Crippen molar-refractivity contribution in [3.05, 3.63) is 29.6 Å². The van der Waals surface area contributed by atoms with Crippen molar-refractivity contribution in [2.75, 3.05) is 13.2 Å². The van der Waals surface area contributed by atoms with Gasteiger partial charge in [-0.15, -0.1) is 0 Å². The summed E-state index contributed by atoms with van der Waals surface area (Å²) in [4.78, 5) is 54.4. The highest BCUT2D eigenvalue weighted by molar-refractivity contribution is 6.38. The average molecular weight is 447 g/mol. The molecule has 9 heteroatoms. The maximum atomic E-state index is 13.0. The predicted octanol–water partition coefficient (Wildman–Crippen LogP) is 1.54. The number of Topliss-reactive ketones (excluding diaryl/α,β-unsaturated/α-hetero) is 1. The van der Waals surface area contributed by atoms with Crippen LogP contribution >= 0.6 is 0 Å². The summed E-state index contributed by atoms with van der Waals surface area (Å²) in [5.74, 6) is -2.29. The molecule has 2 unspecified atom stereocenters. The van der Waals surface area contributed by atoms with Crippen molar-refractivity contribution >= 4 is 23.7 Å². The summed E-state index contributed by atoms with van der Waals surface area (Å²) in [5.41, 5.74) is 1.61. The van der Waals surface area contributed by atoms with Crippen LogP contribution in [-0.4, -0.2) is 53.9 Å². The van der Waals surface area contributed by atoms with Crippen LogP contribution in [0.25, 0.3) is 0 Å². The first-order valence-electron chi connectivity index (χ1n) is 11.0. The zero-order valence-electron chi connectivity index (χ0n) is 19.5. The van der Waals surface area contributed by atoms with Gasteiger partial charge in [-0.3, -0.25) is 19.4 Å². The van der Waals surface area contributed by atoms with E-state index in [-0.39, 0.29) is 24.4 Å². The molecule has 9 nitrogen and oxygen atoms in total. The number of nitrogens with zero attached hydrogens (tertiary/aromatic N) is 1. The Bertz CT molecular complexity index is 847. The number of hydrogen-bond acceptors (Lipinski definition) is 6. The van der Waals surface area contributed by atoms with Crippen LogP contribution in [0, 0.1) is 11.3 Å². The standard InChI is InChI=1S/C23H34N4O5/c1-14(2)18(27-22(31)32-13-23(3,4)5)20(29)26-17-11-16-12-24-10-8-15(16)7-6-9-25-21(30)19(17)28/h8,10,12,14,17-18H,6-7,9,11,13H2,1-5H3,(H,25,30)(H,26,29)(H,27,31). The quantitative estimate of drug-likeness (QED) is 0.589. The van der Waals surface area contributed by atoms with Crippen LogP contribution in [-0.2, 0) is 32.0 Å². The number of rotatable bonds is 5. The fraction of sp³-hybridized carbons (Fsp3) is 0.609. The number of aryl methyl sites for hydroxylation is 1. The molecular weight excluding hydrogens is 412 g/mol. The average Bonchev–Trinajstić information content (AvgIpc) is 2.72. The highest BCUT2D eigenvalue weighted by Gasteiger charge is 2.32. The Labute approximate surface area is 189 Å². The minimum absolute atomic E-state index is 0.139. The molecule has 32 heavy (non-hydrogen) atoms.